The summed E-state index contributed by atoms with van der Waals surface area (Å²) in [6.07, 6.45) is 0. The smallest absolute Gasteiger partial charge is 0.269 e. The van der Waals surface area contributed by atoms with Crippen LogP contribution >= 0.6 is 57.5 Å². The number of benzene rings is 2. The molecule has 8 heteroatoms. The standard InChI is InChI=1S/C16H7Cl3N2OS2/c17-7-4-5-8-11(6-7)23-14(12(8)19)15(22)21-16-20-13-9(18)2-1-3-10(13)24-16/h1-6H,(H,20,21,22). The van der Waals surface area contributed by atoms with Gasteiger partial charge in [-0.05, 0) is 24.3 Å². The van der Waals surface area contributed by atoms with E-state index < -0.39 is 0 Å². The third-order valence-corrected chi connectivity index (χ3v) is 6.52. The van der Waals surface area contributed by atoms with E-state index in [-0.39, 0.29) is 5.91 Å². The monoisotopic (exact) mass is 412 g/mol. The van der Waals surface area contributed by atoms with Crippen molar-refractivity contribution in [1.82, 2.24) is 4.98 Å². The van der Waals surface area contributed by atoms with Gasteiger partial charge in [-0.3, -0.25) is 10.1 Å². The van der Waals surface area contributed by atoms with Crippen molar-refractivity contribution in [2.45, 2.75) is 0 Å². The van der Waals surface area contributed by atoms with Crippen LogP contribution in [0.3, 0.4) is 0 Å². The number of carbonyl (C=O) groups excluding carboxylic acids is 1. The van der Waals surface area contributed by atoms with Crippen LogP contribution in [0.2, 0.25) is 15.1 Å². The molecule has 0 unspecified atom stereocenters. The number of para-hydroxylation sites is 1. The van der Waals surface area contributed by atoms with Gasteiger partial charge in [-0.25, -0.2) is 4.98 Å². The molecular formula is C16H7Cl3N2OS2. The van der Waals surface area contributed by atoms with E-state index in [1.54, 1.807) is 18.2 Å². The molecule has 0 saturated carbocycles. The Morgan fingerprint density at radius 1 is 1.04 bits per heavy atom. The van der Waals surface area contributed by atoms with Crippen molar-refractivity contribution in [2.24, 2.45) is 0 Å². The van der Waals surface area contributed by atoms with Crippen molar-refractivity contribution in [3.63, 3.8) is 0 Å². The Hall–Kier alpha value is -1.37. The number of hydrogen-bond donors (Lipinski definition) is 1. The van der Waals surface area contributed by atoms with Crippen molar-refractivity contribution in [2.75, 3.05) is 5.32 Å². The quantitative estimate of drug-likeness (QED) is 0.396. The Labute approximate surface area is 159 Å². The number of amides is 1. The zero-order chi connectivity index (χ0) is 16.8. The number of nitrogens with zero attached hydrogens (tertiary/aromatic N) is 1. The van der Waals surface area contributed by atoms with Gasteiger partial charge in [0.1, 0.15) is 10.4 Å². The van der Waals surface area contributed by atoms with Gasteiger partial charge in [-0.2, -0.15) is 0 Å². The largest absolute Gasteiger partial charge is 0.297 e. The molecule has 0 saturated heterocycles. The summed E-state index contributed by atoms with van der Waals surface area (Å²) in [6, 6.07) is 10.9. The molecule has 2 heterocycles. The zero-order valence-electron chi connectivity index (χ0n) is 11.8. The summed E-state index contributed by atoms with van der Waals surface area (Å²) >= 11 is 21.1. The third kappa shape index (κ3) is 2.76. The number of carbonyl (C=O) groups is 1. The number of hydrogen-bond acceptors (Lipinski definition) is 4. The van der Waals surface area contributed by atoms with Gasteiger partial charge < -0.3 is 0 Å². The molecule has 120 valence electrons. The molecule has 0 radical (unpaired) electrons. The molecule has 1 N–H and O–H groups in total. The van der Waals surface area contributed by atoms with Gasteiger partial charge in [-0.1, -0.05) is 58.3 Å². The summed E-state index contributed by atoms with van der Waals surface area (Å²) in [4.78, 5) is 17.4. The third-order valence-electron chi connectivity index (χ3n) is 3.39. The van der Waals surface area contributed by atoms with Gasteiger partial charge in [0.15, 0.2) is 5.13 Å². The summed E-state index contributed by atoms with van der Waals surface area (Å²) in [7, 11) is 0. The first-order valence-corrected chi connectivity index (χ1v) is 9.53. The van der Waals surface area contributed by atoms with Crippen molar-refractivity contribution in [3.8, 4) is 0 Å². The summed E-state index contributed by atoms with van der Waals surface area (Å²) in [5, 5.41) is 5.66. The van der Waals surface area contributed by atoms with Crippen LogP contribution in [0.4, 0.5) is 5.13 Å². The summed E-state index contributed by atoms with van der Waals surface area (Å²) in [5.41, 5.74) is 0.675. The lowest BCUT2D eigenvalue weighted by molar-refractivity contribution is 0.103. The minimum absolute atomic E-state index is 0.299. The second-order valence-electron chi connectivity index (χ2n) is 4.95. The maximum atomic E-state index is 12.6. The summed E-state index contributed by atoms with van der Waals surface area (Å²) < 4.78 is 1.78. The van der Waals surface area contributed by atoms with E-state index in [2.05, 4.69) is 10.3 Å². The Kier molecular flexibility index (Phi) is 4.14. The highest BCUT2D eigenvalue weighted by atomic mass is 35.5. The lowest BCUT2D eigenvalue weighted by atomic mass is 10.2. The van der Waals surface area contributed by atoms with Crippen molar-refractivity contribution in [1.29, 1.82) is 0 Å². The summed E-state index contributed by atoms with van der Waals surface area (Å²) in [6.45, 7) is 0. The van der Waals surface area contributed by atoms with E-state index in [0.29, 0.717) is 30.6 Å². The number of nitrogens with one attached hydrogen (secondary N) is 1. The van der Waals surface area contributed by atoms with Crippen molar-refractivity contribution >= 4 is 88.8 Å². The van der Waals surface area contributed by atoms with E-state index in [1.807, 2.05) is 18.2 Å². The predicted molar refractivity (Wildman–Crippen MR) is 104 cm³/mol. The highest BCUT2D eigenvalue weighted by molar-refractivity contribution is 7.23. The molecule has 1 amide bonds. The van der Waals surface area contributed by atoms with Crippen LogP contribution < -0.4 is 5.32 Å². The molecule has 0 fully saturated rings. The van der Waals surface area contributed by atoms with Gasteiger partial charge >= 0.3 is 0 Å². The molecule has 4 aromatic rings. The van der Waals surface area contributed by atoms with Crippen LogP contribution in [0.15, 0.2) is 36.4 Å². The Bertz CT molecular complexity index is 1100. The average Bonchev–Trinajstić information content (AvgIpc) is 3.09. The Morgan fingerprint density at radius 3 is 2.67 bits per heavy atom. The minimum atomic E-state index is -0.299. The van der Waals surface area contributed by atoms with Crippen LogP contribution in [0.1, 0.15) is 9.67 Å². The van der Waals surface area contributed by atoms with E-state index in [0.717, 1.165) is 14.8 Å². The molecule has 0 aliphatic rings. The lowest BCUT2D eigenvalue weighted by Gasteiger charge is -1.98. The normalized spacial score (nSPS) is 11.3. The first-order chi connectivity index (χ1) is 11.5. The maximum absolute atomic E-state index is 12.6. The highest BCUT2D eigenvalue weighted by Gasteiger charge is 2.19. The number of anilines is 1. The predicted octanol–water partition coefficient (Wildman–Crippen LogP) is 6.72. The molecule has 24 heavy (non-hydrogen) atoms. The van der Waals surface area contributed by atoms with Gasteiger partial charge in [0.05, 0.1) is 14.7 Å². The molecule has 3 nitrogen and oxygen atoms in total. The van der Waals surface area contributed by atoms with Crippen LogP contribution in [0.25, 0.3) is 20.3 Å². The van der Waals surface area contributed by atoms with Gasteiger partial charge in [0, 0.05) is 15.1 Å². The van der Waals surface area contributed by atoms with Gasteiger partial charge in [-0.15, -0.1) is 11.3 Å². The fourth-order valence-electron chi connectivity index (χ4n) is 2.31. The fraction of sp³-hybridized carbons (Fsp3) is 0. The number of aromatic nitrogens is 1. The minimum Gasteiger partial charge on any atom is -0.297 e. The van der Waals surface area contributed by atoms with Crippen molar-refractivity contribution in [3.05, 3.63) is 56.3 Å². The Balaban J connectivity index is 1.70. The zero-order valence-corrected chi connectivity index (χ0v) is 15.7. The number of rotatable bonds is 2. The molecule has 0 bridgehead atoms. The molecule has 0 spiro atoms. The van der Waals surface area contributed by atoms with E-state index in [9.17, 15) is 4.79 Å². The maximum Gasteiger partial charge on any atom is 0.269 e. The fourth-order valence-corrected chi connectivity index (χ4v) is 5.16. The molecule has 0 atom stereocenters. The van der Waals surface area contributed by atoms with E-state index >= 15 is 0 Å². The first kappa shape index (κ1) is 16.1. The molecule has 4 rings (SSSR count). The topological polar surface area (TPSA) is 42.0 Å². The van der Waals surface area contributed by atoms with Crippen LogP contribution in [-0.2, 0) is 0 Å². The van der Waals surface area contributed by atoms with Crippen LogP contribution in [-0.4, -0.2) is 10.9 Å². The number of halogens is 3. The lowest BCUT2D eigenvalue weighted by Crippen LogP contribution is -2.10. The van der Waals surface area contributed by atoms with Gasteiger partial charge in [0.25, 0.3) is 5.91 Å². The number of fused-ring (bicyclic) bond motifs is 2. The SMILES string of the molecule is O=C(Nc1nc2c(Cl)cccc2s1)c1sc2cc(Cl)ccc2c1Cl. The Morgan fingerprint density at radius 2 is 1.88 bits per heavy atom. The van der Waals surface area contributed by atoms with Crippen molar-refractivity contribution < 1.29 is 4.79 Å². The average molecular weight is 414 g/mol. The van der Waals surface area contributed by atoms with E-state index in [4.69, 9.17) is 34.8 Å². The molecule has 2 aromatic heterocycles. The number of thiophene rings is 1. The second-order valence-corrected chi connectivity index (χ2v) is 8.25. The van der Waals surface area contributed by atoms with E-state index in [1.165, 1.54) is 22.7 Å². The first-order valence-electron chi connectivity index (χ1n) is 6.77. The van der Waals surface area contributed by atoms with Crippen LogP contribution in [0.5, 0.6) is 0 Å². The van der Waals surface area contributed by atoms with Crippen LogP contribution in [0, 0.1) is 0 Å². The molecule has 0 aliphatic heterocycles. The summed E-state index contributed by atoms with van der Waals surface area (Å²) in [5.74, 6) is -0.299. The number of thiazole rings is 1. The molecule has 0 aliphatic carbocycles. The van der Waals surface area contributed by atoms with Gasteiger partial charge in [0.2, 0.25) is 0 Å². The highest BCUT2D eigenvalue weighted by Crippen LogP contribution is 2.37. The molecular weight excluding hydrogens is 407 g/mol. The molecule has 2 aromatic carbocycles. The second kappa shape index (κ2) is 6.17.